The summed E-state index contributed by atoms with van der Waals surface area (Å²) < 4.78 is 5.25. The fourth-order valence-corrected chi connectivity index (χ4v) is 1.50. The molecule has 4 nitrogen and oxygen atoms in total. The molecule has 1 aromatic heterocycles. The van der Waals surface area contributed by atoms with Gasteiger partial charge < -0.3 is 14.4 Å². The van der Waals surface area contributed by atoms with Gasteiger partial charge in [0.25, 0.3) is 0 Å². The number of carbonyl (C=O) groups is 1. The Labute approximate surface area is 89.5 Å². The van der Waals surface area contributed by atoms with Crippen LogP contribution in [0.25, 0.3) is 0 Å². The molecular formula is C11H17NO3. The number of furan rings is 1. The third-order valence-electron chi connectivity index (χ3n) is 2.55. The number of rotatable bonds is 5. The molecule has 0 saturated carbocycles. The van der Waals surface area contributed by atoms with Gasteiger partial charge in [-0.3, -0.25) is 0 Å². The second kappa shape index (κ2) is 4.87. The highest BCUT2D eigenvalue weighted by Gasteiger charge is 2.16. The molecule has 0 saturated heterocycles. The second-order valence-corrected chi connectivity index (χ2v) is 3.49. The lowest BCUT2D eigenvalue weighted by molar-refractivity contribution is 0.0663. The number of anilines is 1. The van der Waals surface area contributed by atoms with Gasteiger partial charge in [-0.25, -0.2) is 4.79 Å². The summed E-state index contributed by atoms with van der Waals surface area (Å²) in [5.74, 6) is -0.405. The molecule has 1 atom stereocenters. The molecule has 1 N–H and O–H groups in total. The average Bonchev–Trinajstić information content (AvgIpc) is 2.68. The Morgan fingerprint density at radius 1 is 1.53 bits per heavy atom. The maximum atomic E-state index is 10.7. The second-order valence-electron chi connectivity index (χ2n) is 3.49. The van der Waals surface area contributed by atoms with E-state index in [1.54, 1.807) is 6.07 Å². The van der Waals surface area contributed by atoms with E-state index in [1.165, 1.54) is 6.07 Å². The van der Waals surface area contributed by atoms with Crippen molar-refractivity contribution in [1.82, 2.24) is 0 Å². The van der Waals surface area contributed by atoms with E-state index in [4.69, 9.17) is 9.52 Å². The van der Waals surface area contributed by atoms with Crippen LogP contribution in [-0.4, -0.2) is 23.7 Å². The van der Waals surface area contributed by atoms with E-state index in [1.807, 2.05) is 11.8 Å². The molecule has 0 radical (unpaired) electrons. The summed E-state index contributed by atoms with van der Waals surface area (Å²) in [7, 11) is 0. The van der Waals surface area contributed by atoms with Gasteiger partial charge in [0.15, 0.2) is 5.88 Å². The van der Waals surface area contributed by atoms with E-state index < -0.39 is 5.97 Å². The van der Waals surface area contributed by atoms with Crippen molar-refractivity contribution < 1.29 is 14.3 Å². The highest BCUT2D eigenvalue weighted by molar-refractivity contribution is 5.84. The van der Waals surface area contributed by atoms with Crippen LogP contribution < -0.4 is 4.90 Å². The number of carboxylic acids is 1. The fourth-order valence-electron chi connectivity index (χ4n) is 1.50. The first-order chi connectivity index (χ1) is 7.10. The SMILES string of the molecule is CCC(C)N(CC)c1ccc(C(=O)O)o1. The van der Waals surface area contributed by atoms with Gasteiger partial charge in [-0.2, -0.15) is 0 Å². The summed E-state index contributed by atoms with van der Waals surface area (Å²) in [6.07, 6.45) is 0.997. The maximum Gasteiger partial charge on any atom is 0.371 e. The number of nitrogens with zero attached hydrogens (tertiary/aromatic N) is 1. The predicted molar refractivity (Wildman–Crippen MR) is 58.4 cm³/mol. The Morgan fingerprint density at radius 3 is 2.60 bits per heavy atom. The molecule has 15 heavy (non-hydrogen) atoms. The Balaban J connectivity index is 2.87. The van der Waals surface area contributed by atoms with Gasteiger partial charge in [0, 0.05) is 18.7 Å². The van der Waals surface area contributed by atoms with Gasteiger partial charge in [-0.05, 0) is 26.3 Å². The Bertz CT molecular complexity index is 332. The van der Waals surface area contributed by atoms with Crippen LogP contribution in [0, 0.1) is 0 Å². The van der Waals surface area contributed by atoms with E-state index in [9.17, 15) is 4.79 Å². The van der Waals surface area contributed by atoms with E-state index in [2.05, 4.69) is 13.8 Å². The van der Waals surface area contributed by atoms with Crippen LogP contribution in [0.3, 0.4) is 0 Å². The first-order valence-electron chi connectivity index (χ1n) is 5.19. The van der Waals surface area contributed by atoms with E-state index in [0.717, 1.165) is 13.0 Å². The molecule has 0 fully saturated rings. The summed E-state index contributed by atoms with van der Waals surface area (Å²) in [6, 6.07) is 3.55. The van der Waals surface area contributed by atoms with Gasteiger partial charge in [0.2, 0.25) is 5.76 Å². The lowest BCUT2D eigenvalue weighted by Crippen LogP contribution is -2.31. The zero-order valence-corrected chi connectivity index (χ0v) is 9.36. The van der Waals surface area contributed by atoms with Crippen LogP contribution in [-0.2, 0) is 0 Å². The summed E-state index contributed by atoms with van der Waals surface area (Å²) in [5.41, 5.74) is 0. The largest absolute Gasteiger partial charge is 0.475 e. The average molecular weight is 211 g/mol. The molecule has 0 bridgehead atoms. The zero-order chi connectivity index (χ0) is 11.4. The molecule has 0 spiro atoms. The molecule has 1 unspecified atom stereocenters. The highest BCUT2D eigenvalue weighted by Crippen LogP contribution is 2.21. The topological polar surface area (TPSA) is 53.7 Å². The number of carboxylic acid groups (broad SMARTS) is 1. The quantitative estimate of drug-likeness (QED) is 0.813. The molecule has 0 aliphatic rings. The molecule has 1 rings (SSSR count). The third kappa shape index (κ3) is 2.52. The van der Waals surface area contributed by atoms with Crippen LogP contribution in [0.1, 0.15) is 37.7 Å². The van der Waals surface area contributed by atoms with Gasteiger partial charge in [-0.1, -0.05) is 6.92 Å². The summed E-state index contributed by atoms with van der Waals surface area (Å²) in [4.78, 5) is 12.7. The lowest BCUT2D eigenvalue weighted by Gasteiger charge is -2.26. The molecule has 84 valence electrons. The van der Waals surface area contributed by atoms with Crippen LogP contribution in [0.15, 0.2) is 16.5 Å². The minimum absolute atomic E-state index is 0.00764. The summed E-state index contributed by atoms with van der Waals surface area (Å²) in [5, 5.41) is 8.74. The Hall–Kier alpha value is -1.45. The number of hydrogen-bond donors (Lipinski definition) is 1. The monoisotopic (exact) mass is 211 g/mol. The highest BCUT2D eigenvalue weighted by atomic mass is 16.4. The molecule has 1 aromatic rings. The molecular weight excluding hydrogens is 194 g/mol. The number of aromatic carboxylic acids is 1. The normalized spacial score (nSPS) is 12.5. The lowest BCUT2D eigenvalue weighted by atomic mass is 10.2. The fraction of sp³-hybridized carbons (Fsp3) is 0.545. The number of hydrogen-bond acceptors (Lipinski definition) is 3. The first kappa shape index (κ1) is 11.6. The standard InChI is InChI=1S/C11H17NO3/c1-4-8(3)12(5-2)10-7-6-9(15-10)11(13)14/h6-8H,4-5H2,1-3H3,(H,13,14). The van der Waals surface area contributed by atoms with Gasteiger partial charge >= 0.3 is 5.97 Å². The first-order valence-corrected chi connectivity index (χ1v) is 5.19. The summed E-state index contributed by atoms with van der Waals surface area (Å²) in [6.45, 7) is 7.01. The molecule has 0 amide bonds. The van der Waals surface area contributed by atoms with Crippen molar-refractivity contribution in [1.29, 1.82) is 0 Å². The van der Waals surface area contributed by atoms with E-state index in [-0.39, 0.29) is 5.76 Å². The maximum absolute atomic E-state index is 10.7. The van der Waals surface area contributed by atoms with Gasteiger partial charge in [0.05, 0.1) is 0 Å². The molecule has 4 heteroatoms. The third-order valence-corrected chi connectivity index (χ3v) is 2.55. The van der Waals surface area contributed by atoms with E-state index in [0.29, 0.717) is 11.9 Å². The molecule has 0 aromatic carbocycles. The van der Waals surface area contributed by atoms with Crippen molar-refractivity contribution in [2.24, 2.45) is 0 Å². The molecule has 1 heterocycles. The van der Waals surface area contributed by atoms with Crippen molar-refractivity contribution >= 4 is 11.9 Å². The smallest absolute Gasteiger partial charge is 0.371 e. The molecule has 0 aliphatic carbocycles. The van der Waals surface area contributed by atoms with Crippen LogP contribution in [0.5, 0.6) is 0 Å². The van der Waals surface area contributed by atoms with Crippen LogP contribution in [0.4, 0.5) is 5.88 Å². The van der Waals surface area contributed by atoms with Crippen molar-refractivity contribution in [3.05, 3.63) is 17.9 Å². The zero-order valence-electron chi connectivity index (χ0n) is 9.36. The minimum Gasteiger partial charge on any atom is -0.475 e. The van der Waals surface area contributed by atoms with Crippen molar-refractivity contribution in [3.8, 4) is 0 Å². The van der Waals surface area contributed by atoms with E-state index >= 15 is 0 Å². The summed E-state index contributed by atoms with van der Waals surface area (Å²) >= 11 is 0. The Morgan fingerprint density at radius 2 is 2.20 bits per heavy atom. The van der Waals surface area contributed by atoms with Crippen molar-refractivity contribution in [3.63, 3.8) is 0 Å². The Kier molecular flexibility index (Phi) is 3.77. The van der Waals surface area contributed by atoms with Gasteiger partial charge in [0.1, 0.15) is 0 Å². The van der Waals surface area contributed by atoms with Crippen LogP contribution >= 0.6 is 0 Å². The van der Waals surface area contributed by atoms with Gasteiger partial charge in [-0.15, -0.1) is 0 Å². The predicted octanol–water partition coefficient (Wildman–Crippen LogP) is 2.60. The van der Waals surface area contributed by atoms with Crippen molar-refractivity contribution in [2.75, 3.05) is 11.4 Å². The minimum atomic E-state index is -1.03. The van der Waals surface area contributed by atoms with Crippen molar-refractivity contribution in [2.45, 2.75) is 33.2 Å². The van der Waals surface area contributed by atoms with Crippen LogP contribution in [0.2, 0.25) is 0 Å². The molecule has 0 aliphatic heterocycles.